The third-order valence-electron chi connectivity index (χ3n) is 4.85. The highest BCUT2D eigenvalue weighted by Gasteiger charge is 2.32. The summed E-state index contributed by atoms with van der Waals surface area (Å²) >= 11 is 0. The van der Waals surface area contributed by atoms with Gasteiger partial charge in [0.25, 0.3) is 10.2 Å². The van der Waals surface area contributed by atoms with Crippen molar-refractivity contribution in [1.29, 1.82) is 0 Å². The lowest BCUT2D eigenvalue weighted by Gasteiger charge is -2.34. The van der Waals surface area contributed by atoms with Gasteiger partial charge in [-0.3, -0.25) is 4.79 Å². The number of halogens is 1. The summed E-state index contributed by atoms with van der Waals surface area (Å²) in [7, 11) is -2.08. The molecule has 0 radical (unpaired) electrons. The number of benzene rings is 1. The largest absolute Gasteiger partial charge is 0.351 e. The number of amides is 1. The van der Waals surface area contributed by atoms with E-state index in [2.05, 4.69) is 5.32 Å². The zero-order chi connectivity index (χ0) is 19.2. The van der Waals surface area contributed by atoms with E-state index in [0.717, 1.165) is 37.7 Å². The van der Waals surface area contributed by atoms with Crippen molar-refractivity contribution < 1.29 is 17.6 Å². The molecule has 0 heterocycles. The first-order valence-corrected chi connectivity index (χ1v) is 10.5. The predicted octanol–water partition coefficient (Wildman–Crippen LogP) is 2.27. The molecule has 1 N–H and O–H groups in total. The standard InChI is InChI=1S/C18H28FN3O3S/c1-3-22(26(24,25)21(2)17-7-5-4-6-8-17)14-18(23)20-13-15-9-11-16(19)12-10-15/h9-12,17H,3-8,13-14H2,1-2H3,(H,20,23). The molecule has 1 aliphatic rings. The average molecular weight is 386 g/mol. The molecule has 0 unspecified atom stereocenters. The summed E-state index contributed by atoms with van der Waals surface area (Å²) in [6, 6.07) is 5.82. The Bertz CT molecular complexity index is 688. The molecule has 1 saturated carbocycles. The zero-order valence-corrected chi connectivity index (χ0v) is 16.3. The van der Waals surface area contributed by atoms with Gasteiger partial charge >= 0.3 is 0 Å². The molecule has 1 fully saturated rings. The van der Waals surface area contributed by atoms with Gasteiger partial charge < -0.3 is 5.32 Å². The van der Waals surface area contributed by atoms with Crippen molar-refractivity contribution in [1.82, 2.24) is 13.9 Å². The van der Waals surface area contributed by atoms with E-state index in [4.69, 9.17) is 0 Å². The predicted molar refractivity (Wildman–Crippen MR) is 99.0 cm³/mol. The molecular formula is C18H28FN3O3S. The molecule has 6 nitrogen and oxygen atoms in total. The van der Waals surface area contributed by atoms with Crippen LogP contribution < -0.4 is 5.32 Å². The fraction of sp³-hybridized carbons (Fsp3) is 0.611. The van der Waals surface area contributed by atoms with Gasteiger partial charge in [0.15, 0.2) is 0 Å². The van der Waals surface area contributed by atoms with E-state index in [9.17, 15) is 17.6 Å². The normalized spacial score (nSPS) is 16.2. The Kier molecular flexibility index (Phi) is 7.55. The van der Waals surface area contributed by atoms with E-state index >= 15 is 0 Å². The van der Waals surface area contributed by atoms with Crippen LogP contribution in [0.1, 0.15) is 44.6 Å². The SMILES string of the molecule is CCN(CC(=O)NCc1ccc(F)cc1)S(=O)(=O)N(C)C1CCCCC1. The molecule has 1 aromatic rings. The van der Waals surface area contributed by atoms with Gasteiger partial charge in [-0.2, -0.15) is 17.0 Å². The van der Waals surface area contributed by atoms with E-state index < -0.39 is 10.2 Å². The number of carbonyl (C=O) groups excluding carboxylic acids is 1. The minimum atomic E-state index is -3.68. The number of rotatable bonds is 8. The van der Waals surface area contributed by atoms with Gasteiger partial charge in [-0.1, -0.05) is 38.3 Å². The Morgan fingerprint density at radius 1 is 1.19 bits per heavy atom. The van der Waals surface area contributed by atoms with Crippen LogP contribution in [0, 0.1) is 5.82 Å². The lowest BCUT2D eigenvalue weighted by molar-refractivity contribution is -0.121. The maximum Gasteiger partial charge on any atom is 0.282 e. The van der Waals surface area contributed by atoms with Crippen molar-refractivity contribution >= 4 is 16.1 Å². The van der Waals surface area contributed by atoms with Crippen molar-refractivity contribution in [2.45, 2.75) is 51.6 Å². The minimum absolute atomic E-state index is 0.00470. The third kappa shape index (κ3) is 5.49. The smallest absolute Gasteiger partial charge is 0.282 e. The molecule has 0 spiro atoms. The topological polar surface area (TPSA) is 69.7 Å². The second-order valence-electron chi connectivity index (χ2n) is 6.65. The molecule has 0 atom stereocenters. The van der Waals surface area contributed by atoms with E-state index in [1.807, 2.05) is 0 Å². The van der Waals surface area contributed by atoms with Crippen LogP contribution in [0.5, 0.6) is 0 Å². The van der Waals surface area contributed by atoms with Crippen molar-refractivity contribution in [3.05, 3.63) is 35.6 Å². The van der Waals surface area contributed by atoms with Crippen LogP contribution in [0.2, 0.25) is 0 Å². The Labute approximate surface area is 155 Å². The fourth-order valence-electron chi connectivity index (χ4n) is 3.19. The van der Waals surface area contributed by atoms with Gasteiger partial charge in [0.1, 0.15) is 5.82 Å². The average Bonchev–Trinajstić information content (AvgIpc) is 2.65. The van der Waals surface area contributed by atoms with E-state index in [1.54, 1.807) is 26.1 Å². The van der Waals surface area contributed by atoms with Gasteiger partial charge in [-0.05, 0) is 30.5 Å². The Morgan fingerprint density at radius 3 is 2.38 bits per heavy atom. The Hall–Kier alpha value is -1.51. The zero-order valence-electron chi connectivity index (χ0n) is 15.4. The number of nitrogens with zero attached hydrogens (tertiary/aromatic N) is 2. The summed E-state index contributed by atoms with van der Waals surface area (Å²) in [5.74, 6) is -0.717. The van der Waals surface area contributed by atoms with Crippen molar-refractivity contribution in [2.24, 2.45) is 0 Å². The second-order valence-corrected chi connectivity index (χ2v) is 8.63. The maximum atomic E-state index is 12.9. The summed E-state index contributed by atoms with van der Waals surface area (Å²) < 4.78 is 41.2. The molecule has 1 aliphatic carbocycles. The van der Waals surface area contributed by atoms with E-state index in [-0.39, 0.29) is 37.4 Å². The van der Waals surface area contributed by atoms with Gasteiger partial charge in [0, 0.05) is 26.2 Å². The van der Waals surface area contributed by atoms with Crippen LogP contribution in [-0.4, -0.2) is 49.1 Å². The van der Waals surface area contributed by atoms with Crippen LogP contribution in [0.15, 0.2) is 24.3 Å². The van der Waals surface area contributed by atoms with Gasteiger partial charge in [0.05, 0.1) is 6.54 Å². The van der Waals surface area contributed by atoms with Crippen LogP contribution in [0.3, 0.4) is 0 Å². The van der Waals surface area contributed by atoms with Crippen LogP contribution >= 0.6 is 0 Å². The van der Waals surface area contributed by atoms with Crippen LogP contribution in [0.25, 0.3) is 0 Å². The molecule has 26 heavy (non-hydrogen) atoms. The molecular weight excluding hydrogens is 357 g/mol. The minimum Gasteiger partial charge on any atom is -0.351 e. The molecule has 1 aromatic carbocycles. The first-order valence-electron chi connectivity index (χ1n) is 9.09. The van der Waals surface area contributed by atoms with Gasteiger partial charge in [-0.25, -0.2) is 4.39 Å². The molecule has 0 bridgehead atoms. The van der Waals surface area contributed by atoms with E-state index in [1.165, 1.54) is 20.7 Å². The highest BCUT2D eigenvalue weighted by atomic mass is 32.2. The molecule has 0 aromatic heterocycles. The molecule has 0 aliphatic heterocycles. The Morgan fingerprint density at radius 2 is 1.81 bits per heavy atom. The number of nitrogens with one attached hydrogen (secondary N) is 1. The first kappa shape index (κ1) is 20.8. The third-order valence-corrected chi connectivity index (χ3v) is 6.92. The van der Waals surface area contributed by atoms with E-state index in [0.29, 0.717) is 0 Å². The number of carbonyl (C=O) groups is 1. The van der Waals surface area contributed by atoms with Crippen molar-refractivity contribution in [3.8, 4) is 0 Å². The summed E-state index contributed by atoms with van der Waals surface area (Å²) in [6.07, 6.45) is 4.95. The quantitative estimate of drug-likeness (QED) is 0.746. The van der Waals surface area contributed by atoms with Crippen LogP contribution in [0.4, 0.5) is 4.39 Å². The Balaban J connectivity index is 1.93. The lowest BCUT2D eigenvalue weighted by Crippen LogP contribution is -2.49. The molecule has 0 saturated heterocycles. The van der Waals surface area contributed by atoms with Gasteiger partial charge in [-0.15, -0.1) is 0 Å². The first-order chi connectivity index (χ1) is 12.3. The van der Waals surface area contributed by atoms with Crippen molar-refractivity contribution in [3.63, 3.8) is 0 Å². The van der Waals surface area contributed by atoms with Crippen LogP contribution in [-0.2, 0) is 21.5 Å². The maximum absolute atomic E-state index is 12.9. The highest BCUT2D eigenvalue weighted by Crippen LogP contribution is 2.24. The summed E-state index contributed by atoms with van der Waals surface area (Å²) in [4.78, 5) is 12.2. The van der Waals surface area contributed by atoms with Crippen molar-refractivity contribution in [2.75, 3.05) is 20.1 Å². The molecule has 1 amide bonds. The second kappa shape index (κ2) is 9.43. The molecule has 146 valence electrons. The summed E-state index contributed by atoms with van der Waals surface area (Å²) in [6.45, 7) is 1.95. The summed E-state index contributed by atoms with van der Waals surface area (Å²) in [5, 5.41) is 2.69. The monoisotopic (exact) mass is 385 g/mol. The fourth-order valence-corrected chi connectivity index (χ4v) is 4.75. The number of hydrogen-bond acceptors (Lipinski definition) is 3. The number of hydrogen-bond donors (Lipinski definition) is 1. The molecule has 2 rings (SSSR count). The highest BCUT2D eigenvalue weighted by molar-refractivity contribution is 7.86. The molecule has 8 heteroatoms. The summed E-state index contributed by atoms with van der Waals surface area (Å²) in [5.41, 5.74) is 0.755. The number of likely N-dealkylation sites (N-methyl/N-ethyl adjacent to an activating group) is 1. The lowest BCUT2D eigenvalue weighted by atomic mass is 9.96. The van der Waals surface area contributed by atoms with Gasteiger partial charge in [0.2, 0.25) is 5.91 Å².